The molecule has 0 aliphatic carbocycles. The van der Waals surface area contributed by atoms with Gasteiger partial charge in [-0.3, -0.25) is 14.3 Å². The van der Waals surface area contributed by atoms with Crippen molar-refractivity contribution in [3.05, 3.63) is 53.9 Å². The van der Waals surface area contributed by atoms with Gasteiger partial charge in [-0.25, -0.2) is 0 Å². The lowest BCUT2D eigenvalue weighted by Crippen LogP contribution is -2.54. The van der Waals surface area contributed by atoms with Crippen molar-refractivity contribution in [1.82, 2.24) is 25.7 Å². The fourth-order valence-corrected chi connectivity index (χ4v) is 3.50. The number of hydrogen-bond donors (Lipinski definition) is 3. The molecule has 0 saturated carbocycles. The maximum Gasteiger partial charge on any atom is 0.251 e. The summed E-state index contributed by atoms with van der Waals surface area (Å²) in [4.78, 5) is 25.5. The summed E-state index contributed by atoms with van der Waals surface area (Å²) in [5, 5.41) is 13.7. The number of amides is 2. The number of hydrogen-bond acceptors (Lipinski definition) is 4. The third kappa shape index (κ3) is 4.42. The average molecular weight is 383 g/mol. The first kappa shape index (κ1) is 20.1. The number of aromatic nitrogens is 2. The number of rotatable bonds is 7. The molecule has 1 fully saturated rings. The molecular formula is C21H29N5O2. The van der Waals surface area contributed by atoms with Gasteiger partial charge in [-0.2, -0.15) is 5.10 Å². The summed E-state index contributed by atoms with van der Waals surface area (Å²) in [6, 6.07) is 9.37. The molecular weight excluding hydrogens is 354 g/mol. The van der Waals surface area contributed by atoms with E-state index in [2.05, 4.69) is 21.0 Å². The number of nitrogens with one attached hydrogen (secondary N) is 3. The van der Waals surface area contributed by atoms with Gasteiger partial charge in [-0.05, 0) is 63.0 Å². The second-order valence-corrected chi connectivity index (χ2v) is 7.40. The molecule has 1 atom stereocenters. The van der Waals surface area contributed by atoms with Crippen LogP contribution in [0, 0.1) is 0 Å². The van der Waals surface area contributed by atoms with Crippen molar-refractivity contribution in [2.24, 2.45) is 0 Å². The van der Waals surface area contributed by atoms with Gasteiger partial charge in [0.25, 0.3) is 5.91 Å². The summed E-state index contributed by atoms with van der Waals surface area (Å²) in [6.45, 7) is 5.94. The van der Waals surface area contributed by atoms with E-state index in [0.29, 0.717) is 24.9 Å². The lowest BCUT2D eigenvalue weighted by Gasteiger charge is -2.36. The monoisotopic (exact) mass is 383 g/mol. The Morgan fingerprint density at radius 2 is 2.07 bits per heavy atom. The van der Waals surface area contributed by atoms with E-state index in [4.69, 9.17) is 0 Å². The van der Waals surface area contributed by atoms with Crippen molar-refractivity contribution in [2.75, 3.05) is 13.1 Å². The molecule has 2 aromatic rings. The van der Waals surface area contributed by atoms with E-state index >= 15 is 0 Å². The zero-order valence-electron chi connectivity index (χ0n) is 16.6. The van der Waals surface area contributed by atoms with E-state index in [1.165, 1.54) is 0 Å². The van der Waals surface area contributed by atoms with Crippen LogP contribution in [0.1, 0.15) is 49.0 Å². The first-order valence-electron chi connectivity index (χ1n) is 9.94. The lowest BCUT2D eigenvalue weighted by atomic mass is 9.87. The maximum absolute atomic E-state index is 13.1. The molecule has 1 aliphatic rings. The smallest absolute Gasteiger partial charge is 0.251 e. The molecule has 3 rings (SSSR count). The van der Waals surface area contributed by atoms with Crippen LogP contribution < -0.4 is 16.0 Å². The highest BCUT2D eigenvalue weighted by atomic mass is 16.2. The molecule has 1 saturated heterocycles. The minimum atomic E-state index is -0.666. The summed E-state index contributed by atoms with van der Waals surface area (Å²) < 4.78 is 1.78. The Kier molecular flexibility index (Phi) is 6.46. The highest BCUT2D eigenvalue weighted by Gasteiger charge is 2.41. The standard InChI is InChI=1S/C21H29N5O2/c1-3-16(2)25-19(27)18-7-4-6-17(14-18)15-23-20(28)21(8-11-22-12-9-21)26-13-5-10-24-26/h4-7,10,13-14,16,22H,3,8-9,11-12,15H2,1-2H3,(H,23,28)(H,25,27). The second kappa shape index (κ2) is 9.01. The molecule has 1 aliphatic heterocycles. The fraction of sp³-hybridized carbons (Fsp3) is 0.476. The molecule has 7 nitrogen and oxygen atoms in total. The first-order valence-corrected chi connectivity index (χ1v) is 9.94. The summed E-state index contributed by atoms with van der Waals surface area (Å²) in [6.07, 6.45) is 5.82. The molecule has 0 bridgehead atoms. The van der Waals surface area contributed by atoms with Gasteiger partial charge in [0.05, 0.1) is 0 Å². The van der Waals surface area contributed by atoms with Crippen molar-refractivity contribution in [1.29, 1.82) is 0 Å². The average Bonchev–Trinajstić information content (AvgIpc) is 3.28. The Labute approximate surface area is 165 Å². The summed E-state index contributed by atoms with van der Waals surface area (Å²) in [7, 11) is 0. The Balaban J connectivity index is 1.68. The molecule has 0 radical (unpaired) electrons. The molecule has 7 heteroatoms. The minimum absolute atomic E-state index is 0.0350. The Hall–Kier alpha value is -2.67. The molecule has 3 N–H and O–H groups in total. The fourth-order valence-electron chi connectivity index (χ4n) is 3.50. The molecule has 1 aromatic heterocycles. The van der Waals surface area contributed by atoms with Crippen molar-refractivity contribution in [3.63, 3.8) is 0 Å². The van der Waals surface area contributed by atoms with E-state index in [9.17, 15) is 9.59 Å². The summed E-state index contributed by atoms with van der Waals surface area (Å²) in [5.74, 6) is -0.124. The van der Waals surface area contributed by atoms with Crippen molar-refractivity contribution in [2.45, 2.75) is 51.2 Å². The van der Waals surface area contributed by atoms with Crippen molar-refractivity contribution in [3.8, 4) is 0 Å². The SMILES string of the molecule is CCC(C)NC(=O)c1cccc(CNC(=O)C2(n3cccn3)CCNCC2)c1. The predicted octanol–water partition coefficient (Wildman–Crippen LogP) is 1.81. The van der Waals surface area contributed by atoms with Crippen LogP contribution in [-0.2, 0) is 16.9 Å². The van der Waals surface area contributed by atoms with Gasteiger partial charge in [-0.1, -0.05) is 19.1 Å². The largest absolute Gasteiger partial charge is 0.350 e. The molecule has 2 heterocycles. The van der Waals surface area contributed by atoms with Crippen LogP contribution in [0.3, 0.4) is 0 Å². The van der Waals surface area contributed by atoms with Crippen LogP contribution in [0.25, 0.3) is 0 Å². The first-order chi connectivity index (χ1) is 13.5. The van der Waals surface area contributed by atoms with Crippen LogP contribution in [-0.4, -0.2) is 40.7 Å². The van der Waals surface area contributed by atoms with Crippen LogP contribution in [0.5, 0.6) is 0 Å². The third-order valence-corrected chi connectivity index (χ3v) is 5.43. The van der Waals surface area contributed by atoms with Gasteiger partial charge < -0.3 is 16.0 Å². The zero-order chi connectivity index (χ0) is 20.0. The van der Waals surface area contributed by atoms with Crippen LogP contribution in [0.4, 0.5) is 0 Å². The summed E-state index contributed by atoms with van der Waals surface area (Å²) >= 11 is 0. The number of nitrogens with zero attached hydrogens (tertiary/aromatic N) is 2. The molecule has 150 valence electrons. The molecule has 1 aromatic carbocycles. The van der Waals surface area contributed by atoms with Crippen molar-refractivity contribution >= 4 is 11.8 Å². The van der Waals surface area contributed by atoms with Gasteiger partial charge >= 0.3 is 0 Å². The van der Waals surface area contributed by atoms with Gasteiger partial charge in [0.1, 0.15) is 5.54 Å². The molecule has 2 amide bonds. The van der Waals surface area contributed by atoms with Gasteiger partial charge in [0.15, 0.2) is 0 Å². The van der Waals surface area contributed by atoms with Crippen LogP contribution >= 0.6 is 0 Å². The number of carbonyl (C=O) groups is 2. The number of piperidine rings is 1. The van der Waals surface area contributed by atoms with Gasteiger partial charge in [-0.15, -0.1) is 0 Å². The summed E-state index contributed by atoms with van der Waals surface area (Å²) in [5.41, 5.74) is 0.839. The predicted molar refractivity (Wildman–Crippen MR) is 108 cm³/mol. The highest BCUT2D eigenvalue weighted by Crippen LogP contribution is 2.27. The Bertz CT molecular complexity index is 797. The quantitative estimate of drug-likeness (QED) is 0.680. The molecule has 28 heavy (non-hydrogen) atoms. The molecule has 1 unspecified atom stereocenters. The van der Waals surface area contributed by atoms with Gasteiger partial charge in [0, 0.05) is 30.5 Å². The molecule has 0 spiro atoms. The van der Waals surface area contributed by atoms with E-state index in [1.807, 2.05) is 44.3 Å². The van der Waals surface area contributed by atoms with Crippen LogP contribution in [0.15, 0.2) is 42.7 Å². The highest BCUT2D eigenvalue weighted by molar-refractivity contribution is 5.94. The minimum Gasteiger partial charge on any atom is -0.350 e. The number of benzene rings is 1. The van der Waals surface area contributed by atoms with E-state index in [-0.39, 0.29) is 17.9 Å². The lowest BCUT2D eigenvalue weighted by molar-refractivity contribution is -0.132. The number of carbonyl (C=O) groups excluding carboxylic acids is 2. The van der Waals surface area contributed by atoms with Crippen LogP contribution in [0.2, 0.25) is 0 Å². The topological polar surface area (TPSA) is 88.1 Å². The van der Waals surface area contributed by atoms with E-state index < -0.39 is 5.54 Å². The normalized spacial score (nSPS) is 16.9. The zero-order valence-corrected chi connectivity index (χ0v) is 16.6. The van der Waals surface area contributed by atoms with Crippen molar-refractivity contribution < 1.29 is 9.59 Å². The second-order valence-electron chi connectivity index (χ2n) is 7.40. The Morgan fingerprint density at radius 1 is 1.29 bits per heavy atom. The Morgan fingerprint density at radius 3 is 2.75 bits per heavy atom. The van der Waals surface area contributed by atoms with E-state index in [1.54, 1.807) is 16.9 Å². The maximum atomic E-state index is 13.1. The third-order valence-electron chi connectivity index (χ3n) is 5.43. The van der Waals surface area contributed by atoms with Gasteiger partial charge in [0.2, 0.25) is 5.91 Å². The van der Waals surface area contributed by atoms with E-state index in [0.717, 1.165) is 25.1 Å².